The van der Waals surface area contributed by atoms with Crippen molar-refractivity contribution in [3.8, 4) is 11.8 Å². The van der Waals surface area contributed by atoms with Crippen molar-refractivity contribution < 1.29 is 13.9 Å². The Hall–Kier alpha value is -3.60. The first-order chi connectivity index (χ1) is 15.4. The number of hydrogen-bond acceptors (Lipinski definition) is 6. The molecule has 2 aromatic rings. The van der Waals surface area contributed by atoms with Gasteiger partial charge in [-0.15, -0.1) is 0 Å². The molecule has 2 aliphatic rings. The summed E-state index contributed by atoms with van der Waals surface area (Å²) in [5.41, 5.74) is 0.689. The van der Waals surface area contributed by atoms with E-state index in [9.17, 15) is 9.18 Å². The van der Waals surface area contributed by atoms with Crippen molar-refractivity contribution in [3.05, 3.63) is 65.7 Å². The van der Waals surface area contributed by atoms with Crippen LogP contribution in [-0.2, 0) is 11.2 Å². The van der Waals surface area contributed by atoms with Crippen molar-refractivity contribution in [2.45, 2.75) is 33.1 Å². The number of nitrogens with zero attached hydrogens (tertiary/aromatic N) is 4. The summed E-state index contributed by atoms with van der Waals surface area (Å²) in [4.78, 5) is 25.8. The van der Waals surface area contributed by atoms with E-state index in [2.05, 4.69) is 20.3 Å². The van der Waals surface area contributed by atoms with Crippen molar-refractivity contribution in [3.63, 3.8) is 0 Å². The number of pyridine rings is 1. The van der Waals surface area contributed by atoms with Gasteiger partial charge in [0, 0.05) is 24.0 Å². The molecule has 1 fully saturated rings. The molecular weight excluding hydrogens is 409 g/mol. The molecule has 3 atom stereocenters. The zero-order valence-corrected chi connectivity index (χ0v) is 18.0. The number of anilines is 1. The second kappa shape index (κ2) is 8.87. The molecule has 0 saturated heterocycles. The Kier molecular flexibility index (Phi) is 5.99. The highest BCUT2D eigenvalue weighted by Gasteiger charge is 2.62. The van der Waals surface area contributed by atoms with E-state index in [-0.39, 0.29) is 36.6 Å². The zero-order chi connectivity index (χ0) is 22.7. The molecule has 8 heteroatoms. The average molecular weight is 433 g/mol. The molecule has 1 amide bonds. The third kappa shape index (κ3) is 4.37. The van der Waals surface area contributed by atoms with Crippen LogP contribution in [0, 0.1) is 35.5 Å². The molecule has 1 unspecified atom stereocenters. The number of aryl methyl sites for hydroxylation is 2. The topological polar surface area (TPSA) is 101 Å². The number of amides is 1. The molecule has 0 aliphatic heterocycles. The maximum absolute atomic E-state index is 14.1. The van der Waals surface area contributed by atoms with Crippen LogP contribution in [-0.4, -0.2) is 27.5 Å². The van der Waals surface area contributed by atoms with Crippen LogP contribution in [0.3, 0.4) is 0 Å². The van der Waals surface area contributed by atoms with E-state index in [0.717, 1.165) is 5.69 Å². The van der Waals surface area contributed by atoms with Crippen LogP contribution < -0.4 is 10.1 Å². The van der Waals surface area contributed by atoms with Crippen molar-refractivity contribution in [1.29, 1.82) is 5.26 Å². The summed E-state index contributed by atoms with van der Waals surface area (Å²) >= 11 is 0. The molecule has 0 bridgehead atoms. The average Bonchev–Trinajstić information content (AvgIpc) is 3.55. The number of carbonyl (C=O) groups excluding carboxylic acids is 1. The van der Waals surface area contributed by atoms with Crippen LogP contribution in [0.2, 0.25) is 0 Å². The van der Waals surface area contributed by atoms with E-state index >= 15 is 0 Å². The Morgan fingerprint density at radius 3 is 2.91 bits per heavy atom. The van der Waals surface area contributed by atoms with Gasteiger partial charge in [-0.2, -0.15) is 5.26 Å². The van der Waals surface area contributed by atoms with E-state index in [4.69, 9.17) is 10.00 Å². The molecule has 0 radical (unpaired) electrons. The second-order valence-electron chi connectivity index (χ2n) is 8.20. The number of aromatic nitrogens is 3. The Bertz CT molecular complexity index is 1120. The molecule has 2 aliphatic carbocycles. The second-order valence-corrected chi connectivity index (χ2v) is 8.20. The molecule has 1 N–H and O–H groups in total. The van der Waals surface area contributed by atoms with Crippen molar-refractivity contribution in [2.24, 2.45) is 17.3 Å². The molecule has 32 heavy (non-hydrogen) atoms. The largest absolute Gasteiger partial charge is 0.489 e. The lowest BCUT2D eigenvalue weighted by molar-refractivity contribution is -0.118. The predicted molar refractivity (Wildman–Crippen MR) is 116 cm³/mol. The summed E-state index contributed by atoms with van der Waals surface area (Å²) in [7, 11) is 0. The lowest BCUT2D eigenvalue weighted by Gasteiger charge is -2.27. The standard InChI is InChI=1S/C24H24FN5O2/c1-3-20-21(13-27-15(2)29-20)32-14-24(17-5-4-6-18(25)9-17)10-19(24)23(31)30-22-8-7-16(11-26)12-28-22/h4-8,12-13,17,19H,3,9-10,14H2,1-2H3,(H,28,30,31)/t17?,19-,24+/m0/s1. The normalized spacial score (nSPS) is 23.8. The summed E-state index contributed by atoms with van der Waals surface area (Å²) in [5, 5.41) is 11.7. The minimum Gasteiger partial charge on any atom is -0.489 e. The number of halogens is 1. The number of hydrogen-bond donors (Lipinski definition) is 1. The van der Waals surface area contributed by atoms with Crippen LogP contribution in [0.4, 0.5) is 10.2 Å². The highest BCUT2D eigenvalue weighted by Crippen LogP contribution is 2.60. The highest BCUT2D eigenvalue weighted by atomic mass is 19.1. The third-order valence-corrected chi connectivity index (χ3v) is 6.13. The number of carbonyl (C=O) groups is 1. The maximum atomic E-state index is 14.1. The summed E-state index contributed by atoms with van der Waals surface area (Å²) in [6, 6.07) is 5.19. The Morgan fingerprint density at radius 1 is 1.38 bits per heavy atom. The zero-order valence-electron chi connectivity index (χ0n) is 18.0. The first-order valence-corrected chi connectivity index (χ1v) is 10.6. The van der Waals surface area contributed by atoms with E-state index in [1.165, 1.54) is 12.3 Å². The van der Waals surface area contributed by atoms with Crippen molar-refractivity contribution in [1.82, 2.24) is 15.0 Å². The third-order valence-electron chi connectivity index (χ3n) is 6.13. The Morgan fingerprint density at radius 2 is 2.22 bits per heavy atom. The van der Waals surface area contributed by atoms with Crippen LogP contribution in [0.25, 0.3) is 0 Å². The summed E-state index contributed by atoms with van der Waals surface area (Å²) in [6.07, 6.45) is 9.68. The molecule has 1 saturated carbocycles. The molecule has 0 spiro atoms. The predicted octanol–water partition coefficient (Wildman–Crippen LogP) is 4.07. The van der Waals surface area contributed by atoms with Gasteiger partial charge in [-0.3, -0.25) is 4.79 Å². The van der Waals surface area contributed by atoms with Gasteiger partial charge in [-0.05, 0) is 43.9 Å². The van der Waals surface area contributed by atoms with Gasteiger partial charge >= 0.3 is 0 Å². The SMILES string of the molecule is CCc1nc(C)ncc1OC[C@@]1(C2C=CC=C(F)C2)C[C@H]1C(=O)Nc1ccc(C#N)cn1. The quantitative estimate of drug-likeness (QED) is 0.706. The van der Waals surface area contributed by atoms with Crippen molar-refractivity contribution in [2.75, 3.05) is 11.9 Å². The van der Waals surface area contributed by atoms with Gasteiger partial charge in [-0.25, -0.2) is 19.3 Å². The Balaban J connectivity index is 1.52. The summed E-state index contributed by atoms with van der Waals surface area (Å²) < 4.78 is 20.2. The minimum atomic E-state index is -0.533. The van der Waals surface area contributed by atoms with Gasteiger partial charge in [0.05, 0.1) is 24.1 Å². The fourth-order valence-electron chi connectivity index (χ4n) is 4.23. The van der Waals surface area contributed by atoms with Gasteiger partial charge in [0.2, 0.25) is 5.91 Å². The summed E-state index contributed by atoms with van der Waals surface area (Å²) in [6.45, 7) is 4.07. The van der Waals surface area contributed by atoms with E-state index in [1.54, 1.807) is 24.4 Å². The first-order valence-electron chi connectivity index (χ1n) is 10.6. The van der Waals surface area contributed by atoms with E-state index < -0.39 is 5.41 Å². The first kappa shape index (κ1) is 21.6. The Labute approximate surface area is 186 Å². The number of nitrogens with one attached hydrogen (secondary N) is 1. The number of allylic oxidation sites excluding steroid dienone is 4. The molecule has 164 valence electrons. The summed E-state index contributed by atoms with van der Waals surface area (Å²) in [5.74, 6) is 0.736. The van der Waals surface area contributed by atoms with Gasteiger partial charge in [0.1, 0.15) is 23.5 Å². The molecular formula is C24H24FN5O2. The van der Waals surface area contributed by atoms with Gasteiger partial charge in [0.25, 0.3) is 0 Å². The molecule has 4 rings (SSSR count). The monoisotopic (exact) mass is 433 g/mol. The molecule has 2 heterocycles. The molecule has 0 aromatic carbocycles. The highest BCUT2D eigenvalue weighted by molar-refractivity contribution is 5.94. The van der Waals surface area contributed by atoms with E-state index in [1.807, 2.05) is 26.0 Å². The van der Waals surface area contributed by atoms with Crippen LogP contribution in [0.1, 0.15) is 36.8 Å². The number of nitriles is 1. The minimum absolute atomic E-state index is 0.159. The van der Waals surface area contributed by atoms with Gasteiger partial charge in [0.15, 0.2) is 5.75 Å². The molecule has 7 nitrogen and oxygen atoms in total. The van der Waals surface area contributed by atoms with E-state index in [0.29, 0.717) is 35.8 Å². The maximum Gasteiger partial charge on any atom is 0.229 e. The van der Waals surface area contributed by atoms with Gasteiger partial charge < -0.3 is 10.1 Å². The molecule has 2 aromatic heterocycles. The van der Waals surface area contributed by atoms with Crippen LogP contribution in [0.5, 0.6) is 5.75 Å². The van der Waals surface area contributed by atoms with Crippen molar-refractivity contribution >= 4 is 11.7 Å². The number of rotatable bonds is 7. The lowest BCUT2D eigenvalue weighted by atomic mass is 9.82. The van der Waals surface area contributed by atoms with Gasteiger partial charge in [-0.1, -0.05) is 19.1 Å². The fraction of sp³-hybridized carbons (Fsp3) is 0.375. The van der Waals surface area contributed by atoms with Crippen LogP contribution in [0.15, 0.2) is 48.6 Å². The smallest absolute Gasteiger partial charge is 0.229 e. The van der Waals surface area contributed by atoms with Crippen LogP contribution >= 0.6 is 0 Å². The number of ether oxygens (including phenoxy) is 1. The fourth-order valence-corrected chi connectivity index (χ4v) is 4.23. The lowest BCUT2D eigenvalue weighted by Crippen LogP contribution is -2.30.